The second-order valence-corrected chi connectivity index (χ2v) is 5.07. The lowest BCUT2D eigenvalue weighted by atomic mass is 9.86. The van der Waals surface area contributed by atoms with Gasteiger partial charge < -0.3 is 10.3 Å². The van der Waals surface area contributed by atoms with Gasteiger partial charge in [0.25, 0.3) is 0 Å². The highest BCUT2D eigenvalue weighted by Gasteiger charge is 2.24. The molecule has 1 fully saturated rings. The number of aromatic nitrogens is 2. The summed E-state index contributed by atoms with van der Waals surface area (Å²) in [7, 11) is 0. The van der Waals surface area contributed by atoms with Crippen LogP contribution in [-0.4, -0.2) is 16.2 Å². The fraction of sp³-hybridized carbons (Fsp3) is 0.429. The Kier molecular flexibility index (Phi) is 3.29. The van der Waals surface area contributed by atoms with E-state index in [9.17, 15) is 4.39 Å². The maximum atomic E-state index is 12.9. The van der Waals surface area contributed by atoms with Crippen LogP contribution >= 0.6 is 0 Å². The standard InChI is InChI=1S/C14H16FN3O/c15-11-5-1-9(2-6-11)13-17-14(19-18-13)10-3-7-12(16)8-4-10/h1-2,5-6,10,12H,3-4,7-8,16H2. The lowest BCUT2D eigenvalue weighted by molar-refractivity contribution is 0.301. The molecule has 0 radical (unpaired) electrons. The Balaban J connectivity index is 1.77. The fourth-order valence-corrected chi connectivity index (χ4v) is 2.48. The quantitative estimate of drug-likeness (QED) is 0.902. The molecule has 0 saturated heterocycles. The molecule has 2 N–H and O–H groups in total. The van der Waals surface area contributed by atoms with Crippen molar-refractivity contribution in [3.63, 3.8) is 0 Å². The van der Waals surface area contributed by atoms with Crippen LogP contribution in [0.15, 0.2) is 28.8 Å². The molecule has 4 nitrogen and oxygen atoms in total. The predicted octanol–water partition coefficient (Wildman–Crippen LogP) is 2.86. The summed E-state index contributed by atoms with van der Waals surface area (Å²) in [6, 6.07) is 6.40. The molecule has 19 heavy (non-hydrogen) atoms. The highest BCUT2D eigenvalue weighted by atomic mass is 19.1. The number of hydrogen-bond acceptors (Lipinski definition) is 4. The minimum Gasteiger partial charge on any atom is -0.339 e. The zero-order valence-electron chi connectivity index (χ0n) is 10.6. The molecule has 3 rings (SSSR count). The number of hydrogen-bond donors (Lipinski definition) is 1. The molecule has 1 aliphatic rings. The normalized spacial score (nSPS) is 23.5. The second kappa shape index (κ2) is 5.09. The van der Waals surface area contributed by atoms with Crippen LogP contribution in [0.2, 0.25) is 0 Å². The van der Waals surface area contributed by atoms with Gasteiger partial charge in [-0.1, -0.05) is 5.16 Å². The van der Waals surface area contributed by atoms with Crippen molar-refractivity contribution in [1.82, 2.24) is 10.1 Å². The second-order valence-electron chi connectivity index (χ2n) is 5.07. The Morgan fingerprint density at radius 1 is 1.11 bits per heavy atom. The molecular formula is C14H16FN3O. The van der Waals surface area contributed by atoms with Crippen LogP contribution in [0.3, 0.4) is 0 Å². The van der Waals surface area contributed by atoms with Gasteiger partial charge in [-0.25, -0.2) is 4.39 Å². The molecule has 2 aromatic rings. The minimum atomic E-state index is -0.270. The van der Waals surface area contributed by atoms with Crippen LogP contribution in [0, 0.1) is 5.82 Å². The van der Waals surface area contributed by atoms with Crippen LogP contribution in [0.1, 0.15) is 37.5 Å². The molecule has 1 aromatic heterocycles. The molecule has 0 atom stereocenters. The Bertz CT molecular complexity index is 544. The summed E-state index contributed by atoms with van der Waals surface area (Å²) in [5.41, 5.74) is 6.65. The number of nitrogens with zero attached hydrogens (tertiary/aromatic N) is 2. The first kappa shape index (κ1) is 12.3. The van der Waals surface area contributed by atoms with E-state index < -0.39 is 0 Å². The first-order valence-corrected chi connectivity index (χ1v) is 6.57. The molecule has 1 aliphatic carbocycles. The summed E-state index contributed by atoms with van der Waals surface area (Å²) >= 11 is 0. The zero-order chi connectivity index (χ0) is 13.2. The van der Waals surface area contributed by atoms with Gasteiger partial charge in [0.05, 0.1) is 0 Å². The van der Waals surface area contributed by atoms with Gasteiger partial charge in [0.1, 0.15) is 5.82 Å². The molecule has 0 aliphatic heterocycles. The van der Waals surface area contributed by atoms with E-state index in [1.165, 1.54) is 12.1 Å². The van der Waals surface area contributed by atoms with E-state index in [2.05, 4.69) is 10.1 Å². The smallest absolute Gasteiger partial charge is 0.230 e. The van der Waals surface area contributed by atoms with Crippen LogP contribution < -0.4 is 5.73 Å². The molecule has 1 heterocycles. The molecule has 100 valence electrons. The van der Waals surface area contributed by atoms with Crippen molar-refractivity contribution in [2.24, 2.45) is 5.73 Å². The SMILES string of the molecule is NC1CCC(c2nc(-c3ccc(F)cc3)no2)CC1. The molecule has 5 heteroatoms. The van der Waals surface area contributed by atoms with Gasteiger partial charge in [0, 0.05) is 17.5 Å². The average molecular weight is 261 g/mol. The van der Waals surface area contributed by atoms with Gasteiger partial charge in [0.2, 0.25) is 11.7 Å². The van der Waals surface area contributed by atoms with Crippen molar-refractivity contribution in [3.8, 4) is 11.4 Å². The van der Waals surface area contributed by atoms with Crippen molar-refractivity contribution in [3.05, 3.63) is 36.0 Å². The van der Waals surface area contributed by atoms with Crippen molar-refractivity contribution in [2.45, 2.75) is 37.6 Å². The van der Waals surface area contributed by atoms with Crippen LogP contribution in [0.5, 0.6) is 0 Å². The summed E-state index contributed by atoms with van der Waals surface area (Å²) in [6.45, 7) is 0. The van der Waals surface area contributed by atoms with Crippen molar-refractivity contribution >= 4 is 0 Å². The summed E-state index contributed by atoms with van der Waals surface area (Å²) in [6.07, 6.45) is 3.98. The van der Waals surface area contributed by atoms with E-state index in [-0.39, 0.29) is 5.82 Å². The molecule has 0 amide bonds. The first-order valence-electron chi connectivity index (χ1n) is 6.57. The number of rotatable bonds is 2. The van der Waals surface area contributed by atoms with Gasteiger partial charge in [-0.15, -0.1) is 0 Å². The Labute approximate surface area is 110 Å². The Morgan fingerprint density at radius 2 is 1.79 bits per heavy atom. The molecular weight excluding hydrogens is 245 g/mol. The highest BCUT2D eigenvalue weighted by Crippen LogP contribution is 2.32. The third-order valence-corrected chi connectivity index (χ3v) is 3.67. The molecule has 0 bridgehead atoms. The maximum absolute atomic E-state index is 12.9. The van der Waals surface area contributed by atoms with Crippen molar-refractivity contribution in [2.75, 3.05) is 0 Å². The van der Waals surface area contributed by atoms with Gasteiger partial charge >= 0.3 is 0 Å². The summed E-state index contributed by atoms with van der Waals surface area (Å²) in [4.78, 5) is 4.42. The number of halogens is 1. The lowest BCUT2D eigenvalue weighted by Crippen LogP contribution is -2.25. The van der Waals surface area contributed by atoms with Gasteiger partial charge in [-0.2, -0.15) is 4.98 Å². The zero-order valence-corrected chi connectivity index (χ0v) is 10.6. The molecule has 0 spiro atoms. The molecule has 1 aromatic carbocycles. The summed E-state index contributed by atoms with van der Waals surface area (Å²) in [5, 5.41) is 3.97. The molecule has 0 unspecified atom stereocenters. The Morgan fingerprint density at radius 3 is 2.47 bits per heavy atom. The van der Waals surface area contributed by atoms with Gasteiger partial charge in [-0.3, -0.25) is 0 Å². The van der Waals surface area contributed by atoms with E-state index in [4.69, 9.17) is 10.3 Å². The largest absolute Gasteiger partial charge is 0.339 e. The van der Waals surface area contributed by atoms with Crippen molar-refractivity contribution < 1.29 is 8.91 Å². The third-order valence-electron chi connectivity index (χ3n) is 3.67. The number of nitrogens with two attached hydrogens (primary N) is 1. The van der Waals surface area contributed by atoms with Gasteiger partial charge in [0.15, 0.2) is 0 Å². The lowest BCUT2D eigenvalue weighted by Gasteiger charge is -2.22. The van der Waals surface area contributed by atoms with Crippen LogP contribution in [0.25, 0.3) is 11.4 Å². The van der Waals surface area contributed by atoms with Crippen LogP contribution in [0.4, 0.5) is 4.39 Å². The monoisotopic (exact) mass is 261 g/mol. The van der Waals surface area contributed by atoms with Crippen LogP contribution in [-0.2, 0) is 0 Å². The Hall–Kier alpha value is -1.75. The molecule has 1 saturated carbocycles. The van der Waals surface area contributed by atoms with E-state index in [0.29, 0.717) is 23.7 Å². The first-order chi connectivity index (χ1) is 9.22. The summed E-state index contributed by atoms with van der Waals surface area (Å²) < 4.78 is 18.2. The summed E-state index contributed by atoms with van der Waals surface area (Å²) in [5.74, 6) is 1.23. The maximum Gasteiger partial charge on any atom is 0.230 e. The fourth-order valence-electron chi connectivity index (χ4n) is 2.48. The van der Waals surface area contributed by atoms with E-state index >= 15 is 0 Å². The predicted molar refractivity (Wildman–Crippen MR) is 68.9 cm³/mol. The van der Waals surface area contributed by atoms with E-state index in [0.717, 1.165) is 31.2 Å². The topological polar surface area (TPSA) is 64.9 Å². The van der Waals surface area contributed by atoms with E-state index in [1.807, 2.05) is 0 Å². The highest BCUT2D eigenvalue weighted by molar-refractivity contribution is 5.53. The third kappa shape index (κ3) is 2.66. The van der Waals surface area contributed by atoms with E-state index in [1.54, 1.807) is 12.1 Å². The number of benzene rings is 1. The van der Waals surface area contributed by atoms with Gasteiger partial charge in [-0.05, 0) is 49.9 Å². The average Bonchev–Trinajstić information content (AvgIpc) is 2.90. The minimum absolute atomic E-state index is 0.270. The van der Waals surface area contributed by atoms with Crippen molar-refractivity contribution in [1.29, 1.82) is 0 Å².